The Morgan fingerprint density at radius 3 is 2.70 bits per heavy atom. The number of aromatic nitrogens is 2. The lowest BCUT2D eigenvalue weighted by atomic mass is 10.3. The standard InChI is InChI=1S/C6H7ClN2.ClH/c7-6(2-3-6)5-1-4-8-9-5;/h1,4H,2-3H2,(H,8,9);1H. The molecule has 2 nitrogen and oxygen atoms in total. The van der Waals surface area contributed by atoms with E-state index in [4.69, 9.17) is 11.6 Å². The predicted molar refractivity (Wildman–Crippen MR) is 42.6 cm³/mol. The van der Waals surface area contributed by atoms with Gasteiger partial charge in [0.2, 0.25) is 0 Å². The zero-order chi connectivity index (χ0) is 6.32. The molecule has 0 saturated heterocycles. The summed E-state index contributed by atoms with van der Waals surface area (Å²) >= 11 is 6.04. The van der Waals surface area contributed by atoms with Crippen molar-refractivity contribution in [3.63, 3.8) is 0 Å². The molecule has 0 radical (unpaired) electrons. The molecule has 4 heteroatoms. The number of aromatic amines is 1. The van der Waals surface area contributed by atoms with Crippen molar-refractivity contribution in [2.45, 2.75) is 17.7 Å². The average Bonchev–Trinajstić information content (AvgIpc) is 2.46. The van der Waals surface area contributed by atoms with Crippen LogP contribution in [0.1, 0.15) is 18.5 Å². The fraction of sp³-hybridized carbons (Fsp3) is 0.500. The Morgan fingerprint density at radius 2 is 2.30 bits per heavy atom. The van der Waals surface area contributed by atoms with Gasteiger partial charge >= 0.3 is 0 Å². The minimum Gasteiger partial charge on any atom is -0.281 e. The van der Waals surface area contributed by atoms with E-state index in [1.807, 2.05) is 6.07 Å². The van der Waals surface area contributed by atoms with Crippen LogP contribution < -0.4 is 0 Å². The Labute approximate surface area is 70.4 Å². The molecular formula is C6H8Cl2N2. The second-order valence-corrected chi connectivity index (χ2v) is 3.16. The first kappa shape index (κ1) is 7.89. The molecule has 1 heterocycles. The normalized spacial score (nSPS) is 19.7. The van der Waals surface area contributed by atoms with E-state index in [9.17, 15) is 0 Å². The number of H-pyrrole nitrogens is 1. The lowest BCUT2D eigenvalue weighted by Gasteiger charge is -1.98. The molecule has 2 rings (SSSR count). The van der Waals surface area contributed by atoms with Crippen LogP contribution in [0, 0.1) is 0 Å². The molecule has 0 unspecified atom stereocenters. The molecule has 1 aliphatic carbocycles. The fourth-order valence-electron chi connectivity index (χ4n) is 0.884. The zero-order valence-corrected chi connectivity index (χ0v) is 6.87. The van der Waals surface area contributed by atoms with E-state index >= 15 is 0 Å². The van der Waals surface area contributed by atoms with Gasteiger partial charge in [-0.2, -0.15) is 5.10 Å². The minimum atomic E-state index is -0.0729. The van der Waals surface area contributed by atoms with Crippen LogP contribution in [0.3, 0.4) is 0 Å². The molecule has 1 N–H and O–H groups in total. The molecule has 56 valence electrons. The summed E-state index contributed by atoms with van der Waals surface area (Å²) in [6.45, 7) is 0. The van der Waals surface area contributed by atoms with Gasteiger partial charge in [0.25, 0.3) is 0 Å². The van der Waals surface area contributed by atoms with Crippen LogP contribution in [-0.2, 0) is 4.87 Å². The number of hydrogen-bond donors (Lipinski definition) is 1. The largest absolute Gasteiger partial charge is 0.281 e. The van der Waals surface area contributed by atoms with Gasteiger partial charge in [-0.3, -0.25) is 5.10 Å². The van der Waals surface area contributed by atoms with Crippen LogP contribution in [0.4, 0.5) is 0 Å². The first-order chi connectivity index (χ1) is 4.31. The van der Waals surface area contributed by atoms with Gasteiger partial charge in [0, 0.05) is 6.20 Å². The van der Waals surface area contributed by atoms with Crippen molar-refractivity contribution < 1.29 is 0 Å². The number of hydrogen-bond acceptors (Lipinski definition) is 1. The highest BCUT2D eigenvalue weighted by Gasteiger charge is 2.43. The van der Waals surface area contributed by atoms with Gasteiger partial charge in [-0.25, -0.2) is 0 Å². The van der Waals surface area contributed by atoms with Crippen LogP contribution in [-0.4, -0.2) is 10.2 Å². The molecule has 1 saturated carbocycles. The summed E-state index contributed by atoms with van der Waals surface area (Å²) in [5, 5.41) is 6.68. The maximum absolute atomic E-state index is 6.04. The van der Waals surface area contributed by atoms with Gasteiger partial charge in [0.15, 0.2) is 0 Å². The molecule has 1 aromatic heterocycles. The smallest absolute Gasteiger partial charge is 0.0861 e. The Balaban J connectivity index is 0.000000500. The molecule has 1 fully saturated rings. The summed E-state index contributed by atoms with van der Waals surface area (Å²) in [5.41, 5.74) is 1.06. The third-order valence-corrected chi connectivity index (χ3v) is 2.25. The number of nitrogens with zero attached hydrogens (tertiary/aromatic N) is 1. The van der Waals surface area contributed by atoms with E-state index in [0.717, 1.165) is 18.5 Å². The minimum absolute atomic E-state index is 0. The van der Waals surface area contributed by atoms with E-state index < -0.39 is 0 Å². The summed E-state index contributed by atoms with van der Waals surface area (Å²) in [6, 6.07) is 1.93. The van der Waals surface area contributed by atoms with Gasteiger partial charge in [-0.05, 0) is 18.9 Å². The van der Waals surface area contributed by atoms with Gasteiger partial charge < -0.3 is 0 Å². The van der Waals surface area contributed by atoms with E-state index in [1.54, 1.807) is 6.20 Å². The molecule has 10 heavy (non-hydrogen) atoms. The summed E-state index contributed by atoms with van der Waals surface area (Å²) < 4.78 is 0. The molecule has 0 aliphatic heterocycles. The van der Waals surface area contributed by atoms with Gasteiger partial charge in [0.1, 0.15) is 0 Å². The van der Waals surface area contributed by atoms with Gasteiger partial charge in [-0.15, -0.1) is 24.0 Å². The third kappa shape index (κ3) is 1.13. The number of rotatable bonds is 1. The Bertz CT molecular complexity index is 204. The lowest BCUT2D eigenvalue weighted by molar-refractivity contribution is 0.905. The average molecular weight is 179 g/mol. The van der Waals surface area contributed by atoms with Gasteiger partial charge in [-0.1, -0.05) is 0 Å². The quantitative estimate of drug-likeness (QED) is 0.656. The van der Waals surface area contributed by atoms with Crippen molar-refractivity contribution >= 4 is 24.0 Å². The van der Waals surface area contributed by atoms with Crippen molar-refractivity contribution in [3.05, 3.63) is 18.0 Å². The van der Waals surface area contributed by atoms with E-state index in [1.165, 1.54) is 0 Å². The topological polar surface area (TPSA) is 28.7 Å². The van der Waals surface area contributed by atoms with Crippen molar-refractivity contribution in [1.82, 2.24) is 10.2 Å². The molecule has 0 aromatic carbocycles. The van der Waals surface area contributed by atoms with Crippen LogP contribution in [0.5, 0.6) is 0 Å². The van der Waals surface area contributed by atoms with Crippen LogP contribution in [0.25, 0.3) is 0 Å². The SMILES string of the molecule is Cl.ClC1(c2ccn[nH]2)CC1. The first-order valence-corrected chi connectivity index (χ1v) is 3.38. The molecule has 0 atom stereocenters. The zero-order valence-electron chi connectivity index (χ0n) is 5.30. The maximum atomic E-state index is 6.04. The van der Waals surface area contributed by atoms with Gasteiger partial charge in [0.05, 0.1) is 10.6 Å². The summed E-state index contributed by atoms with van der Waals surface area (Å²) in [5.74, 6) is 0. The van der Waals surface area contributed by atoms with Crippen molar-refractivity contribution in [2.24, 2.45) is 0 Å². The number of nitrogens with one attached hydrogen (secondary N) is 1. The third-order valence-electron chi connectivity index (χ3n) is 1.67. The van der Waals surface area contributed by atoms with E-state index in [0.29, 0.717) is 0 Å². The predicted octanol–water partition coefficient (Wildman–Crippen LogP) is 2.06. The Morgan fingerprint density at radius 1 is 1.60 bits per heavy atom. The lowest BCUT2D eigenvalue weighted by Crippen LogP contribution is -1.95. The molecule has 0 bridgehead atoms. The molecular weight excluding hydrogens is 171 g/mol. The monoisotopic (exact) mass is 178 g/mol. The molecule has 1 aliphatic rings. The van der Waals surface area contributed by atoms with E-state index in [-0.39, 0.29) is 17.3 Å². The number of alkyl halides is 1. The molecule has 0 amide bonds. The highest BCUT2D eigenvalue weighted by atomic mass is 35.5. The molecule has 1 aromatic rings. The second-order valence-electron chi connectivity index (χ2n) is 2.44. The van der Waals surface area contributed by atoms with Crippen LogP contribution in [0.15, 0.2) is 12.3 Å². The van der Waals surface area contributed by atoms with E-state index in [2.05, 4.69) is 10.2 Å². The maximum Gasteiger partial charge on any atom is 0.0861 e. The summed E-state index contributed by atoms with van der Waals surface area (Å²) in [7, 11) is 0. The van der Waals surface area contributed by atoms with Crippen molar-refractivity contribution in [1.29, 1.82) is 0 Å². The van der Waals surface area contributed by atoms with Crippen LogP contribution in [0.2, 0.25) is 0 Å². The molecule has 0 spiro atoms. The Kier molecular flexibility index (Phi) is 1.92. The van der Waals surface area contributed by atoms with Crippen LogP contribution >= 0.6 is 24.0 Å². The Hall–Kier alpha value is -0.210. The highest BCUT2D eigenvalue weighted by Crippen LogP contribution is 2.50. The van der Waals surface area contributed by atoms with Crippen molar-refractivity contribution in [3.8, 4) is 0 Å². The van der Waals surface area contributed by atoms with Crippen molar-refractivity contribution in [2.75, 3.05) is 0 Å². The summed E-state index contributed by atoms with van der Waals surface area (Å²) in [4.78, 5) is -0.0729. The fourth-order valence-corrected chi connectivity index (χ4v) is 1.08. The first-order valence-electron chi connectivity index (χ1n) is 3.00. The second kappa shape index (κ2) is 2.44. The number of halogens is 2. The highest BCUT2D eigenvalue weighted by molar-refractivity contribution is 6.25. The summed E-state index contributed by atoms with van der Waals surface area (Å²) in [6.07, 6.45) is 3.89.